The fraction of sp³-hybridized carbons (Fsp3) is 0.586. The Bertz CT molecular complexity index is 823. The number of phenols is 2. The van der Waals surface area contributed by atoms with E-state index in [0.29, 0.717) is 18.0 Å². The van der Waals surface area contributed by atoms with Gasteiger partial charge in [-0.15, -0.1) is 0 Å². The monoisotopic (exact) mass is 439 g/mol. The van der Waals surface area contributed by atoms with Crippen LogP contribution in [0.4, 0.5) is 5.69 Å². The summed E-state index contributed by atoms with van der Waals surface area (Å²) in [5.41, 5.74) is 5.33. The van der Waals surface area contributed by atoms with Crippen LogP contribution in [-0.4, -0.2) is 10.2 Å². The minimum Gasteiger partial charge on any atom is -0.507 e. The zero-order valence-corrected chi connectivity index (χ0v) is 22.4. The van der Waals surface area contributed by atoms with E-state index in [-0.39, 0.29) is 21.7 Å². The quantitative estimate of drug-likeness (QED) is 0.426. The first-order chi connectivity index (χ1) is 14.2. The van der Waals surface area contributed by atoms with Gasteiger partial charge in [-0.2, -0.15) is 0 Å². The predicted octanol–water partition coefficient (Wildman–Crippen LogP) is 7.90. The second-order valence-electron chi connectivity index (χ2n) is 13.3. The molecule has 3 nitrogen and oxygen atoms in total. The molecule has 178 valence electrons. The largest absolute Gasteiger partial charge is 0.507 e. The van der Waals surface area contributed by atoms with Crippen molar-refractivity contribution < 1.29 is 10.2 Å². The van der Waals surface area contributed by atoms with Crippen molar-refractivity contribution in [3.05, 3.63) is 52.1 Å². The van der Waals surface area contributed by atoms with Crippen molar-refractivity contribution in [1.29, 1.82) is 0 Å². The Morgan fingerprint density at radius 2 is 0.812 bits per heavy atom. The molecule has 0 amide bonds. The van der Waals surface area contributed by atoms with Gasteiger partial charge in [0.25, 0.3) is 0 Å². The summed E-state index contributed by atoms with van der Waals surface area (Å²) in [6, 6.07) is 8.38. The van der Waals surface area contributed by atoms with Gasteiger partial charge in [-0.3, -0.25) is 0 Å². The molecular weight excluding hydrogens is 394 g/mol. The lowest BCUT2D eigenvalue weighted by Crippen LogP contribution is -2.19. The number of nitrogens with one attached hydrogen (secondary N) is 1. The highest BCUT2D eigenvalue weighted by Crippen LogP contribution is 2.42. The van der Waals surface area contributed by atoms with Crippen molar-refractivity contribution in [2.24, 2.45) is 0 Å². The molecule has 0 saturated heterocycles. The van der Waals surface area contributed by atoms with E-state index in [2.05, 4.69) is 113 Å². The Kier molecular flexibility index (Phi) is 6.78. The minimum atomic E-state index is -0.168. The Morgan fingerprint density at radius 3 is 1.09 bits per heavy atom. The fourth-order valence-corrected chi connectivity index (χ4v) is 4.02. The van der Waals surface area contributed by atoms with Crippen LogP contribution < -0.4 is 5.32 Å². The van der Waals surface area contributed by atoms with Gasteiger partial charge in [0.15, 0.2) is 0 Å². The number of phenolic OH excluding ortho intramolecular Hbond substituents is 2. The summed E-state index contributed by atoms with van der Waals surface area (Å²) in [7, 11) is 0. The van der Waals surface area contributed by atoms with Gasteiger partial charge < -0.3 is 15.5 Å². The smallest absolute Gasteiger partial charge is 0.123 e. The molecule has 3 N–H and O–H groups in total. The average molecular weight is 440 g/mol. The lowest BCUT2D eigenvalue weighted by molar-refractivity contribution is 0.422. The van der Waals surface area contributed by atoms with Gasteiger partial charge in [0.2, 0.25) is 0 Å². The first-order valence-corrected chi connectivity index (χ1v) is 11.7. The van der Waals surface area contributed by atoms with Gasteiger partial charge in [0.05, 0.1) is 0 Å². The van der Waals surface area contributed by atoms with Crippen molar-refractivity contribution in [1.82, 2.24) is 0 Å². The van der Waals surface area contributed by atoms with Crippen LogP contribution in [0, 0.1) is 0 Å². The van der Waals surface area contributed by atoms with Crippen LogP contribution in [0.15, 0.2) is 24.3 Å². The van der Waals surface area contributed by atoms with Crippen molar-refractivity contribution in [3.63, 3.8) is 0 Å². The summed E-state index contributed by atoms with van der Waals surface area (Å²) in [4.78, 5) is 0. The third-order valence-corrected chi connectivity index (χ3v) is 6.01. The van der Waals surface area contributed by atoms with Crippen molar-refractivity contribution in [2.75, 3.05) is 5.32 Å². The molecule has 0 bridgehead atoms. The van der Waals surface area contributed by atoms with Gasteiger partial charge in [0.1, 0.15) is 11.5 Å². The van der Waals surface area contributed by atoms with Gasteiger partial charge in [-0.1, -0.05) is 83.1 Å². The number of hydrogen-bond donors (Lipinski definition) is 3. The highest BCUT2D eigenvalue weighted by atomic mass is 16.3. The van der Waals surface area contributed by atoms with Crippen LogP contribution in [0.25, 0.3) is 0 Å². The van der Waals surface area contributed by atoms with Crippen LogP contribution in [-0.2, 0) is 28.2 Å². The molecular formula is C29H45NO2. The maximum Gasteiger partial charge on any atom is 0.123 e. The molecule has 32 heavy (non-hydrogen) atoms. The second kappa shape index (κ2) is 8.32. The summed E-state index contributed by atoms with van der Waals surface area (Å²) in [6.45, 7) is 26.2. The molecule has 2 aromatic rings. The fourth-order valence-electron chi connectivity index (χ4n) is 4.02. The van der Waals surface area contributed by atoms with E-state index in [1.807, 2.05) is 0 Å². The molecule has 0 unspecified atom stereocenters. The number of aromatic hydroxyl groups is 2. The lowest BCUT2D eigenvalue weighted by Gasteiger charge is -2.29. The van der Waals surface area contributed by atoms with Crippen LogP contribution in [0.1, 0.15) is 111 Å². The van der Waals surface area contributed by atoms with E-state index in [9.17, 15) is 10.2 Å². The molecule has 0 spiro atoms. The highest BCUT2D eigenvalue weighted by Gasteiger charge is 2.28. The van der Waals surface area contributed by atoms with Gasteiger partial charge in [-0.25, -0.2) is 0 Å². The normalized spacial score (nSPS) is 13.4. The SMILES string of the molecule is CC(C)(C)c1cc(CNc2cc(C(C)(C)C)c(O)c(C(C)(C)C)c2)cc(C(C)(C)C)c1O. The van der Waals surface area contributed by atoms with Crippen molar-refractivity contribution in [2.45, 2.75) is 111 Å². The lowest BCUT2D eigenvalue weighted by atomic mass is 9.78. The van der Waals surface area contributed by atoms with E-state index < -0.39 is 0 Å². The number of hydrogen-bond acceptors (Lipinski definition) is 3. The molecule has 2 rings (SSSR count). The van der Waals surface area contributed by atoms with E-state index >= 15 is 0 Å². The molecule has 0 aliphatic heterocycles. The Labute approximate surface area is 196 Å². The highest BCUT2D eigenvalue weighted by molar-refractivity contribution is 5.59. The molecule has 0 heterocycles. The molecule has 0 aliphatic carbocycles. The standard InChI is InChI=1S/C29H45NO2/c1-26(2,3)20-13-18(14-21(24(20)31)27(4,5)6)17-30-19-15-22(28(7,8)9)25(32)23(16-19)29(10,11)12/h13-16,30-32H,17H2,1-12H3. The van der Waals surface area contributed by atoms with E-state index in [4.69, 9.17) is 0 Å². The molecule has 0 aromatic heterocycles. The molecule has 2 aromatic carbocycles. The summed E-state index contributed by atoms with van der Waals surface area (Å²) in [6.07, 6.45) is 0. The summed E-state index contributed by atoms with van der Waals surface area (Å²) in [5, 5.41) is 25.6. The summed E-state index contributed by atoms with van der Waals surface area (Å²) in [5.74, 6) is 0.800. The summed E-state index contributed by atoms with van der Waals surface area (Å²) >= 11 is 0. The predicted molar refractivity (Wildman–Crippen MR) is 138 cm³/mol. The maximum absolute atomic E-state index is 11.0. The van der Waals surface area contributed by atoms with Crippen LogP contribution in [0.5, 0.6) is 11.5 Å². The van der Waals surface area contributed by atoms with E-state index in [1.165, 1.54) is 0 Å². The molecule has 0 saturated carbocycles. The first kappa shape index (κ1) is 26.1. The third kappa shape index (κ3) is 5.79. The van der Waals surface area contributed by atoms with Crippen molar-refractivity contribution >= 4 is 5.69 Å². The van der Waals surface area contributed by atoms with Gasteiger partial charge in [-0.05, 0) is 62.6 Å². The topological polar surface area (TPSA) is 52.5 Å². The molecule has 3 heteroatoms. The van der Waals surface area contributed by atoms with Crippen LogP contribution in [0.2, 0.25) is 0 Å². The molecule has 0 atom stereocenters. The zero-order valence-electron chi connectivity index (χ0n) is 22.4. The number of anilines is 1. The van der Waals surface area contributed by atoms with E-state index in [0.717, 1.165) is 33.5 Å². The Hall–Kier alpha value is -2.16. The van der Waals surface area contributed by atoms with Crippen LogP contribution >= 0.6 is 0 Å². The minimum absolute atomic E-state index is 0.155. The zero-order chi connectivity index (χ0) is 24.9. The van der Waals surface area contributed by atoms with Crippen molar-refractivity contribution in [3.8, 4) is 11.5 Å². The Balaban J connectivity index is 2.55. The molecule has 0 radical (unpaired) electrons. The number of benzene rings is 2. The first-order valence-electron chi connectivity index (χ1n) is 11.7. The van der Waals surface area contributed by atoms with E-state index in [1.54, 1.807) is 0 Å². The Morgan fingerprint density at radius 1 is 0.531 bits per heavy atom. The van der Waals surface area contributed by atoms with Gasteiger partial charge in [0, 0.05) is 23.4 Å². The molecule has 0 fully saturated rings. The molecule has 0 aliphatic rings. The third-order valence-electron chi connectivity index (χ3n) is 6.01. The van der Waals surface area contributed by atoms with Crippen LogP contribution in [0.3, 0.4) is 0 Å². The summed E-state index contributed by atoms with van der Waals surface area (Å²) < 4.78 is 0. The van der Waals surface area contributed by atoms with Gasteiger partial charge >= 0.3 is 0 Å². The second-order valence-corrected chi connectivity index (χ2v) is 13.3. The average Bonchev–Trinajstić information content (AvgIpc) is 2.57. The maximum atomic E-state index is 11.0. The number of rotatable bonds is 3.